The third kappa shape index (κ3) is 3.21. The zero-order chi connectivity index (χ0) is 12.3. The lowest BCUT2D eigenvalue weighted by molar-refractivity contribution is -0.940. The van der Waals surface area contributed by atoms with Gasteiger partial charge >= 0.3 is 5.97 Å². The maximum atomic E-state index is 11.5. The Hall–Kier alpha value is -0.570. The minimum Gasteiger partial charge on any atom is -0.465 e. The molecule has 0 aromatic carbocycles. The number of nitrogens with one attached hydrogen (secondary N) is 1. The van der Waals surface area contributed by atoms with Crippen LogP contribution in [0.5, 0.6) is 0 Å². The van der Waals surface area contributed by atoms with Crippen molar-refractivity contribution in [2.24, 2.45) is 11.8 Å². The van der Waals surface area contributed by atoms with Crippen LogP contribution in [0.2, 0.25) is 0 Å². The zero-order valence-electron chi connectivity index (χ0n) is 11.2. The lowest BCUT2D eigenvalue weighted by Crippen LogP contribution is -3.18. The Morgan fingerprint density at radius 2 is 2.00 bits per heavy atom. The van der Waals surface area contributed by atoms with Gasteiger partial charge in [0.2, 0.25) is 0 Å². The van der Waals surface area contributed by atoms with Gasteiger partial charge in [0.05, 0.1) is 31.7 Å². The van der Waals surface area contributed by atoms with Gasteiger partial charge in [0.1, 0.15) is 0 Å². The van der Waals surface area contributed by atoms with Gasteiger partial charge in [0, 0.05) is 5.92 Å². The zero-order valence-corrected chi connectivity index (χ0v) is 11.2. The van der Waals surface area contributed by atoms with Crippen molar-refractivity contribution in [1.82, 2.24) is 0 Å². The molecule has 0 saturated carbocycles. The average molecular weight is 240 g/mol. The first-order valence-corrected chi connectivity index (χ1v) is 7.19. The van der Waals surface area contributed by atoms with Gasteiger partial charge in [-0.1, -0.05) is 13.8 Å². The second kappa shape index (κ2) is 5.85. The van der Waals surface area contributed by atoms with E-state index in [0.29, 0.717) is 12.5 Å². The summed E-state index contributed by atoms with van der Waals surface area (Å²) in [4.78, 5) is 13.3. The maximum absolute atomic E-state index is 11.5. The molecule has 0 spiro atoms. The summed E-state index contributed by atoms with van der Waals surface area (Å²) in [6, 6.07) is 0.762. The first-order chi connectivity index (χ1) is 8.18. The summed E-state index contributed by atoms with van der Waals surface area (Å²) in [5, 5.41) is 0. The lowest BCUT2D eigenvalue weighted by atomic mass is 9.84. The number of rotatable bonds is 3. The van der Waals surface area contributed by atoms with Crippen LogP contribution < -0.4 is 4.90 Å². The SMILES string of the molecule is CC(C)C(=O)OC[C@H]1CCC[NH+]2CCCC[C@H]12. The van der Waals surface area contributed by atoms with Crippen molar-refractivity contribution in [3.05, 3.63) is 0 Å². The highest BCUT2D eigenvalue weighted by Gasteiger charge is 2.37. The summed E-state index contributed by atoms with van der Waals surface area (Å²) in [5.41, 5.74) is 0. The van der Waals surface area contributed by atoms with Crippen molar-refractivity contribution in [3.63, 3.8) is 0 Å². The van der Waals surface area contributed by atoms with E-state index in [4.69, 9.17) is 4.74 Å². The summed E-state index contributed by atoms with van der Waals surface area (Å²) in [6.07, 6.45) is 6.63. The van der Waals surface area contributed by atoms with Crippen LogP contribution in [0.3, 0.4) is 0 Å². The fraction of sp³-hybridized carbons (Fsp3) is 0.929. The number of quaternary nitrogens is 1. The van der Waals surface area contributed by atoms with Crippen LogP contribution in [0.15, 0.2) is 0 Å². The highest BCUT2D eigenvalue weighted by molar-refractivity contribution is 5.71. The predicted molar refractivity (Wildman–Crippen MR) is 66.9 cm³/mol. The number of hydrogen-bond donors (Lipinski definition) is 1. The van der Waals surface area contributed by atoms with Crippen LogP contribution in [0.4, 0.5) is 0 Å². The summed E-state index contributed by atoms with van der Waals surface area (Å²) in [7, 11) is 0. The molecule has 0 bridgehead atoms. The number of esters is 1. The second-order valence-electron chi connectivity index (χ2n) is 5.95. The molecule has 2 rings (SSSR count). The first kappa shape index (κ1) is 12.9. The van der Waals surface area contributed by atoms with Gasteiger partial charge in [-0.25, -0.2) is 0 Å². The third-order valence-electron chi connectivity index (χ3n) is 4.34. The van der Waals surface area contributed by atoms with Crippen molar-refractivity contribution in [2.75, 3.05) is 19.7 Å². The molecule has 17 heavy (non-hydrogen) atoms. The Bertz CT molecular complexity index is 263. The molecule has 1 N–H and O–H groups in total. The molecule has 0 aliphatic carbocycles. The second-order valence-corrected chi connectivity index (χ2v) is 5.95. The summed E-state index contributed by atoms with van der Waals surface area (Å²) in [6.45, 7) is 7.13. The van der Waals surface area contributed by atoms with Gasteiger partial charge in [0.25, 0.3) is 0 Å². The van der Waals surface area contributed by atoms with Crippen molar-refractivity contribution >= 4 is 5.97 Å². The van der Waals surface area contributed by atoms with E-state index in [9.17, 15) is 4.79 Å². The number of fused-ring (bicyclic) bond motifs is 1. The minimum atomic E-state index is -0.0343. The van der Waals surface area contributed by atoms with Gasteiger partial charge in [-0.3, -0.25) is 4.79 Å². The average Bonchev–Trinajstić information content (AvgIpc) is 2.35. The number of hydrogen-bond acceptors (Lipinski definition) is 2. The molecule has 98 valence electrons. The standard InChI is InChI=1S/C14H25NO2/c1-11(2)14(16)17-10-12-6-5-9-15-8-4-3-7-13(12)15/h11-13H,3-10H2,1-2H3/p+1/t12-,13-/m1/s1. The highest BCUT2D eigenvalue weighted by Crippen LogP contribution is 2.20. The van der Waals surface area contributed by atoms with E-state index in [1.165, 1.54) is 45.2 Å². The fourth-order valence-corrected chi connectivity index (χ4v) is 3.33. The Labute approximate surface area is 105 Å². The van der Waals surface area contributed by atoms with E-state index in [-0.39, 0.29) is 11.9 Å². The van der Waals surface area contributed by atoms with Gasteiger partial charge in [-0.05, 0) is 32.1 Å². The quantitative estimate of drug-likeness (QED) is 0.747. The normalized spacial score (nSPS) is 33.2. The van der Waals surface area contributed by atoms with Crippen LogP contribution in [0.1, 0.15) is 46.0 Å². The molecular formula is C14H26NO2+. The molecular weight excluding hydrogens is 214 g/mol. The molecule has 2 aliphatic heterocycles. The smallest absolute Gasteiger partial charge is 0.308 e. The third-order valence-corrected chi connectivity index (χ3v) is 4.34. The van der Waals surface area contributed by atoms with Crippen LogP contribution in [0, 0.1) is 11.8 Å². The van der Waals surface area contributed by atoms with Gasteiger partial charge in [-0.2, -0.15) is 0 Å². The largest absolute Gasteiger partial charge is 0.465 e. The summed E-state index contributed by atoms with van der Waals surface area (Å²) < 4.78 is 5.44. The molecule has 2 heterocycles. The van der Waals surface area contributed by atoms with Gasteiger partial charge in [0.15, 0.2) is 0 Å². The molecule has 3 nitrogen and oxygen atoms in total. The molecule has 2 fully saturated rings. The van der Waals surface area contributed by atoms with E-state index in [0.717, 1.165) is 6.04 Å². The molecule has 1 unspecified atom stereocenters. The molecule has 2 aliphatic rings. The lowest BCUT2D eigenvalue weighted by Gasteiger charge is -2.41. The number of carbonyl (C=O) groups is 1. The first-order valence-electron chi connectivity index (χ1n) is 7.19. The predicted octanol–water partition coefficient (Wildman–Crippen LogP) is 1.03. The Morgan fingerprint density at radius 3 is 2.76 bits per heavy atom. The van der Waals surface area contributed by atoms with E-state index < -0.39 is 0 Å². The Morgan fingerprint density at radius 1 is 1.24 bits per heavy atom. The molecule has 0 aromatic rings. The Kier molecular flexibility index (Phi) is 4.43. The van der Waals surface area contributed by atoms with Crippen molar-refractivity contribution in [2.45, 2.75) is 52.0 Å². The fourth-order valence-electron chi connectivity index (χ4n) is 3.33. The van der Waals surface area contributed by atoms with Crippen molar-refractivity contribution < 1.29 is 14.4 Å². The van der Waals surface area contributed by atoms with E-state index >= 15 is 0 Å². The molecule has 2 saturated heterocycles. The number of ether oxygens (including phenoxy) is 1. The maximum Gasteiger partial charge on any atom is 0.308 e. The molecule has 0 radical (unpaired) electrons. The van der Waals surface area contributed by atoms with Gasteiger partial charge in [-0.15, -0.1) is 0 Å². The van der Waals surface area contributed by atoms with Crippen LogP contribution in [0.25, 0.3) is 0 Å². The summed E-state index contributed by atoms with van der Waals surface area (Å²) in [5.74, 6) is 0.586. The van der Waals surface area contributed by atoms with Crippen LogP contribution >= 0.6 is 0 Å². The molecule has 0 amide bonds. The Balaban J connectivity index is 1.84. The van der Waals surface area contributed by atoms with E-state index in [1.54, 1.807) is 4.90 Å². The van der Waals surface area contributed by atoms with E-state index in [1.807, 2.05) is 13.8 Å². The van der Waals surface area contributed by atoms with E-state index in [2.05, 4.69) is 0 Å². The number of piperidine rings is 2. The minimum absolute atomic E-state index is 0.00777. The highest BCUT2D eigenvalue weighted by atomic mass is 16.5. The van der Waals surface area contributed by atoms with Crippen LogP contribution in [-0.2, 0) is 9.53 Å². The van der Waals surface area contributed by atoms with Gasteiger partial charge < -0.3 is 9.64 Å². The van der Waals surface area contributed by atoms with Crippen molar-refractivity contribution in [1.29, 1.82) is 0 Å². The van der Waals surface area contributed by atoms with Crippen molar-refractivity contribution in [3.8, 4) is 0 Å². The summed E-state index contributed by atoms with van der Waals surface area (Å²) >= 11 is 0. The molecule has 0 aromatic heterocycles. The topological polar surface area (TPSA) is 30.7 Å². The monoisotopic (exact) mass is 240 g/mol. The number of carbonyl (C=O) groups excluding carboxylic acids is 1. The molecule has 3 atom stereocenters. The molecule has 3 heteroatoms. The van der Waals surface area contributed by atoms with Crippen LogP contribution in [-0.4, -0.2) is 31.7 Å².